The van der Waals surface area contributed by atoms with Crippen LogP contribution >= 0.6 is 0 Å². The summed E-state index contributed by atoms with van der Waals surface area (Å²) in [5, 5.41) is 12.6. The van der Waals surface area contributed by atoms with Gasteiger partial charge in [0.15, 0.2) is 0 Å². The predicted octanol–water partition coefficient (Wildman–Crippen LogP) is 4.80. The van der Waals surface area contributed by atoms with Crippen molar-refractivity contribution in [2.24, 2.45) is 5.16 Å². The summed E-state index contributed by atoms with van der Waals surface area (Å²) in [5.74, 6) is 0. The smallest absolute Gasteiger partial charge is 0.0839 e. The molecule has 0 heterocycles. The monoisotopic (exact) mass is 273 g/mol. The fourth-order valence-corrected chi connectivity index (χ4v) is 3.34. The molecule has 1 aromatic carbocycles. The SMILES string of the molecule is CCc1cc2c(cc1/C(C)=N/O)C(C)(C)CCC2(C)C. The maximum Gasteiger partial charge on any atom is 0.0839 e. The molecule has 2 heteroatoms. The molecular formula is C18H27NO. The minimum Gasteiger partial charge on any atom is -0.411 e. The van der Waals surface area contributed by atoms with Crippen molar-refractivity contribution in [1.29, 1.82) is 0 Å². The van der Waals surface area contributed by atoms with Gasteiger partial charge in [-0.1, -0.05) is 45.8 Å². The Hall–Kier alpha value is -1.31. The minimum absolute atomic E-state index is 0.196. The van der Waals surface area contributed by atoms with E-state index < -0.39 is 0 Å². The van der Waals surface area contributed by atoms with Crippen molar-refractivity contribution in [2.75, 3.05) is 0 Å². The van der Waals surface area contributed by atoms with Crippen molar-refractivity contribution < 1.29 is 5.21 Å². The number of benzene rings is 1. The summed E-state index contributed by atoms with van der Waals surface area (Å²) < 4.78 is 0. The second-order valence-corrected chi connectivity index (χ2v) is 7.36. The van der Waals surface area contributed by atoms with Crippen LogP contribution in [0.1, 0.15) is 76.6 Å². The van der Waals surface area contributed by atoms with Crippen LogP contribution in [0.25, 0.3) is 0 Å². The second-order valence-electron chi connectivity index (χ2n) is 7.36. The maximum absolute atomic E-state index is 9.13. The molecule has 2 rings (SSSR count). The highest BCUT2D eigenvalue weighted by atomic mass is 16.4. The molecule has 2 nitrogen and oxygen atoms in total. The van der Waals surface area contributed by atoms with Crippen LogP contribution in [0.4, 0.5) is 0 Å². The van der Waals surface area contributed by atoms with Crippen molar-refractivity contribution in [3.8, 4) is 0 Å². The van der Waals surface area contributed by atoms with Gasteiger partial charge in [0.2, 0.25) is 0 Å². The van der Waals surface area contributed by atoms with Gasteiger partial charge in [-0.05, 0) is 59.8 Å². The summed E-state index contributed by atoms with van der Waals surface area (Å²) in [6, 6.07) is 4.62. The molecule has 110 valence electrons. The molecular weight excluding hydrogens is 246 g/mol. The first-order valence-electron chi connectivity index (χ1n) is 7.60. The molecule has 0 fully saturated rings. The highest BCUT2D eigenvalue weighted by Gasteiger charge is 2.37. The largest absolute Gasteiger partial charge is 0.411 e. The van der Waals surface area contributed by atoms with E-state index in [0.29, 0.717) is 5.71 Å². The Kier molecular flexibility index (Phi) is 3.70. The van der Waals surface area contributed by atoms with E-state index in [1.165, 1.54) is 29.5 Å². The third-order valence-corrected chi connectivity index (χ3v) is 5.00. The van der Waals surface area contributed by atoms with Gasteiger partial charge in [0.1, 0.15) is 0 Å². The average Bonchev–Trinajstić information content (AvgIpc) is 2.42. The molecule has 0 bridgehead atoms. The first kappa shape index (κ1) is 15.1. The number of oxime groups is 1. The lowest BCUT2D eigenvalue weighted by Gasteiger charge is -2.42. The topological polar surface area (TPSA) is 32.6 Å². The quantitative estimate of drug-likeness (QED) is 0.469. The summed E-state index contributed by atoms with van der Waals surface area (Å²) >= 11 is 0. The lowest BCUT2D eigenvalue weighted by Crippen LogP contribution is -2.34. The lowest BCUT2D eigenvalue weighted by molar-refractivity contribution is 0.318. The molecule has 0 aromatic heterocycles. The zero-order chi connectivity index (χ0) is 15.1. The number of fused-ring (bicyclic) bond motifs is 1. The van der Waals surface area contributed by atoms with E-state index in [2.05, 4.69) is 51.9 Å². The molecule has 1 aliphatic rings. The number of aryl methyl sites for hydroxylation is 1. The highest BCUT2D eigenvalue weighted by Crippen LogP contribution is 2.46. The van der Waals surface area contributed by atoms with Gasteiger partial charge in [0.05, 0.1) is 5.71 Å². The van der Waals surface area contributed by atoms with Gasteiger partial charge in [-0.3, -0.25) is 0 Å². The zero-order valence-corrected chi connectivity index (χ0v) is 13.7. The third-order valence-electron chi connectivity index (χ3n) is 5.00. The van der Waals surface area contributed by atoms with Crippen LogP contribution in [0, 0.1) is 0 Å². The number of hydrogen-bond acceptors (Lipinski definition) is 2. The predicted molar refractivity (Wildman–Crippen MR) is 85.1 cm³/mol. The first-order valence-corrected chi connectivity index (χ1v) is 7.60. The molecule has 20 heavy (non-hydrogen) atoms. The molecule has 0 radical (unpaired) electrons. The molecule has 1 N–H and O–H groups in total. The van der Waals surface area contributed by atoms with E-state index in [-0.39, 0.29) is 10.8 Å². The van der Waals surface area contributed by atoms with Crippen molar-refractivity contribution in [3.63, 3.8) is 0 Å². The van der Waals surface area contributed by atoms with E-state index in [1.54, 1.807) is 0 Å². The third kappa shape index (κ3) is 2.36. The molecule has 0 spiro atoms. The van der Waals surface area contributed by atoms with Gasteiger partial charge >= 0.3 is 0 Å². The van der Waals surface area contributed by atoms with Crippen LogP contribution in [0.3, 0.4) is 0 Å². The van der Waals surface area contributed by atoms with Gasteiger partial charge < -0.3 is 5.21 Å². The molecule has 0 saturated carbocycles. The van der Waals surface area contributed by atoms with Crippen LogP contribution < -0.4 is 0 Å². The summed E-state index contributed by atoms with van der Waals surface area (Å²) in [4.78, 5) is 0. The van der Waals surface area contributed by atoms with E-state index in [1.807, 2.05) is 6.92 Å². The van der Waals surface area contributed by atoms with Crippen LogP contribution in [-0.2, 0) is 17.3 Å². The standard InChI is InChI=1S/C18H27NO/c1-7-13-10-15-16(11-14(13)12(2)19-20)18(5,6)9-8-17(15,3)4/h10-11,20H,7-9H2,1-6H3/b19-12+. The van der Waals surface area contributed by atoms with Gasteiger partial charge in [-0.25, -0.2) is 0 Å². The van der Waals surface area contributed by atoms with Gasteiger partial charge in [-0.15, -0.1) is 0 Å². The van der Waals surface area contributed by atoms with Crippen LogP contribution in [0.2, 0.25) is 0 Å². The van der Waals surface area contributed by atoms with Gasteiger partial charge in [0.25, 0.3) is 0 Å². The molecule has 1 aliphatic carbocycles. The van der Waals surface area contributed by atoms with Crippen LogP contribution in [-0.4, -0.2) is 10.9 Å². The zero-order valence-electron chi connectivity index (χ0n) is 13.7. The van der Waals surface area contributed by atoms with E-state index in [9.17, 15) is 0 Å². The Labute approximate surface area is 122 Å². The Morgan fingerprint density at radius 3 is 2.05 bits per heavy atom. The highest BCUT2D eigenvalue weighted by molar-refractivity contribution is 6.00. The second kappa shape index (κ2) is 4.91. The maximum atomic E-state index is 9.13. The lowest BCUT2D eigenvalue weighted by atomic mass is 9.62. The van der Waals surface area contributed by atoms with E-state index in [0.717, 1.165) is 12.0 Å². The summed E-state index contributed by atoms with van der Waals surface area (Å²) in [5.41, 5.74) is 6.41. The number of hydrogen-bond donors (Lipinski definition) is 1. The van der Waals surface area contributed by atoms with E-state index in [4.69, 9.17) is 5.21 Å². The summed E-state index contributed by atoms with van der Waals surface area (Å²) in [6.07, 6.45) is 3.39. The Bertz CT molecular complexity index is 553. The number of rotatable bonds is 2. The Balaban J connectivity index is 2.74. The van der Waals surface area contributed by atoms with Crippen LogP contribution in [0.5, 0.6) is 0 Å². The van der Waals surface area contributed by atoms with Crippen molar-refractivity contribution in [2.45, 2.75) is 71.6 Å². The summed E-state index contributed by atoms with van der Waals surface area (Å²) in [6.45, 7) is 13.4. The molecule has 1 aromatic rings. The van der Waals surface area contributed by atoms with Crippen molar-refractivity contribution in [3.05, 3.63) is 34.4 Å². The fourth-order valence-electron chi connectivity index (χ4n) is 3.34. The van der Waals surface area contributed by atoms with Crippen molar-refractivity contribution >= 4 is 5.71 Å². The fraction of sp³-hybridized carbons (Fsp3) is 0.611. The molecule has 0 amide bonds. The average molecular weight is 273 g/mol. The van der Waals surface area contributed by atoms with Gasteiger partial charge in [-0.2, -0.15) is 0 Å². The van der Waals surface area contributed by atoms with Crippen LogP contribution in [0.15, 0.2) is 17.3 Å². The first-order chi connectivity index (χ1) is 9.23. The Morgan fingerprint density at radius 1 is 1.10 bits per heavy atom. The Morgan fingerprint density at radius 2 is 1.60 bits per heavy atom. The van der Waals surface area contributed by atoms with Crippen molar-refractivity contribution in [1.82, 2.24) is 0 Å². The molecule has 0 unspecified atom stereocenters. The van der Waals surface area contributed by atoms with E-state index >= 15 is 0 Å². The van der Waals surface area contributed by atoms with Gasteiger partial charge in [0, 0.05) is 5.56 Å². The normalized spacial score (nSPS) is 20.6. The minimum atomic E-state index is 0.196. The molecule has 0 atom stereocenters. The molecule has 0 saturated heterocycles. The summed E-state index contributed by atoms with van der Waals surface area (Å²) in [7, 11) is 0. The number of nitrogens with zero attached hydrogens (tertiary/aromatic N) is 1. The molecule has 0 aliphatic heterocycles.